The summed E-state index contributed by atoms with van der Waals surface area (Å²) in [6.45, 7) is 6.01. The van der Waals surface area contributed by atoms with Crippen LogP contribution in [0, 0.1) is 17.8 Å². The number of benzene rings is 1. The maximum atomic E-state index is 11.4. The van der Waals surface area contributed by atoms with Crippen LogP contribution in [-0.2, 0) is 19.3 Å². The van der Waals surface area contributed by atoms with Gasteiger partial charge in [-0.3, -0.25) is 0 Å². The van der Waals surface area contributed by atoms with Crippen molar-refractivity contribution in [3.05, 3.63) is 58.4 Å². The zero-order valence-electron chi connectivity index (χ0n) is 15.4. The average molecular weight is 352 g/mol. The zero-order valence-corrected chi connectivity index (χ0v) is 15.4. The second kappa shape index (κ2) is 9.12. The summed E-state index contributed by atoms with van der Waals surface area (Å²) in [7, 11) is 0. The predicted molar refractivity (Wildman–Crippen MR) is 99.9 cm³/mol. The molecule has 5 heteroatoms. The fourth-order valence-corrected chi connectivity index (χ4v) is 2.83. The smallest absolute Gasteiger partial charge is 0.356 e. The van der Waals surface area contributed by atoms with E-state index in [4.69, 9.17) is 0 Å². The van der Waals surface area contributed by atoms with E-state index in [0.717, 1.165) is 11.1 Å². The molecule has 0 saturated heterocycles. The quantitative estimate of drug-likeness (QED) is 0.781. The van der Waals surface area contributed by atoms with E-state index in [1.807, 2.05) is 37.3 Å². The Balaban J connectivity index is 2.35. The summed E-state index contributed by atoms with van der Waals surface area (Å²) in [4.78, 5) is 11.4. The van der Waals surface area contributed by atoms with Gasteiger partial charge in [0.15, 0.2) is 5.69 Å². The van der Waals surface area contributed by atoms with Crippen LogP contribution >= 0.6 is 0 Å². The Morgan fingerprint density at radius 3 is 2.38 bits per heavy atom. The Bertz CT molecular complexity index is 820. The summed E-state index contributed by atoms with van der Waals surface area (Å²) in [6.07, 6.45) is 0.808. The van der Waals surface area contributed by atoms with E-state index in [1.54, 1.807) is 0 Å². The summed E-state index contributed by atoms with van der Waals surface area (Å²) >= 11 is 0. The summed E-state index contributed by atoms with van der Waals surface area (Å²) in [5.74, 6) is 4.97. The number of carboxylic acid groups (broad SMARTS) is 1. The average Bonchev–Trinajstić information content (AvgIpc) is 2.60. The molecular formula is C21H24N2O3. The molecule has 1 aromatic carbocycles. The van der Waals surface area contributed by atoms with E-state index in [2.05, 4.69) is 35.9 Å². The third-order valence-electron chi connectivity index (χ3n) is 3.98. The molecule has 5 nitrogen and oxygen atoms in total. The molecule has 0 aliphatic rings. The third kappa shape index (κ3) is 5.14. The predicted octanol–water partition coefficient (Wildman–Crippen LogP) is 2.89. The molecule has 1 unspecified atom stereocenters. The standard InChI is InChI=1S/C21H24N2O3/c1-4-17-18(12-14(2)3)19(22-23-20(17)21(25)26)11-10-16(24)13-15-8-6-5-7-9-15/h5-9,14,16,24H,4,12-13H2,1-3H3,(H,25,26). The van der Waals surface area contributed by atoms with Crippen LogP contribution in [0.25, 0.3) is 0 Å². The summed E-state index contributed by atoms with van der Waals surface area (Å²) < 4.78 is 0. The summed E-state index contributed by atoms with van der Waals surface area (Å²) in [5, 5.41) is 27.4. The lowest BCUT2D eigenvalue weighted by molar-refractivity contribution is 0.0687. The van der Waals surface area contributed by atoms with Gasteiger partial charge in [0.2, 0.25) is 0 Å². The lowest BCUT2D eigenvalue weighted by Gasteiger charge is -2.13. The topological polar surface area (TPSA) is 83.3 Å². The first-order valence-electron chi connectivity index (χ1n) is 8.77. The molecule has 26 heavy (non-hydrogen) atoms. The number of nitrogens with zero attached hydrogens (tertiary/aromatic N) is 2. The number of aromatic carboxylic acids is 1. The van der Waals surface area contributed by atoms with E-state index in [0.29, 0.717) is 36.4 Å². The molecule has 0 radical (unpaired) electrons. The lowest BCUT2D eigenvalue weighted by atomic mass is 9.94. The Morgan fingerprint density at radius 1 is 1.12 bits per heavy atom. The van der Waals surface area contributed by atoms with Crippen molar-refractivity contribution in [2.45, 2.75) is 46.1 Å². The molecule has 0 saturated carbocycles. The van der Waals surface area contributed by atoms with Crippen molar-refractivity contribution in [2.75, 3.05) is 0 Å². The molecule has 2 N–H and O–H groups in total. The minimum atomic E-state index is -1.08. The number of carboxylic acids is 1. The van der Waals surface area contributed by atoms with E-state index >= 15 is 0 Å². The van der Waals surface area contributed by atoms with Crippen LogP contribution in [0.2, 0.25) is 0 Å². The fraction of sp³-hybridized carbons (Fsp3) is 0.381. The van der Waals surface area contributed by atoms with E-state index in [9.17, 15) is 15.0 Å². The second-order valence-corrected chi connectivity index (χ2v) is 6.59. The van der Waals surface area contributed by atoms with Crippen LogP contribution in [0.3, 0.4) is 0 Å². The first-order chi connectivity index (χ1) is 12.4. The minimum absolute atomic E-state index is 0.0152. The number of hydrogen-bond acceptors (Lipinski definition) is 4. The number of aromatic nitrogens is 2. The van der Waals surface area contributed by atoms with Gasteiger partial charge in [0.25, 0.3) is 0 Å². The molecule has 0 aliphatic heterocycles. The van der Waals surface area contributed by atoms with Gasteiger partial charge in [-0.05, 0) is 41.4 Å². The second-order valence-electron chi connectivity index (χ2n) is 6.59. The van der Waals surface area contributed by atoms with Crippen molar-refractivity contribution in [1.29, 1.82) is 0 Å². The van der Waals surface area contributed by atoms with Crippen molar-refractivity contribution in [3.63, 3.8) is 0 Å². The molecule has 0 bridgehead atoms. The van der Waals surface area contributed by atoms with Crippen molar-refractivity contribution in [1.82, 2.24) is 10.2 Å². The first kappa shape index (κ1) is 19.6. The highest BCUT2D eigenvalue weighted by Gasteiger charge is 2.19. The fourth-order valence-electron chi connectivity index (χ4n) is 2.83. The largest absolute Gasteiger partial charge is 0.476 e. The van der Waals surface area contributed by atoms with Gasteiger partial charge < -0.3 is 10.2 Å². The maximum Gasteiger partial charge on any atom is 0.356 e. The van der Waals surface area contributed by atoms with E-state index < -0.39 is 12.1 Å². The Kier molecular flexibility index (Phi) is 6.88. The SMILES string of the molecule is CCc1c(C(=O)O)nnc(C#CC(O)Cc2ccccc2)c1CC(C)C. The van der Waals surface area contributed by atoms with Gasteiger partial charge in [-0.1, -0.05) is 57.0 Å². The number of aliphatic hydroxyl groups excluding tert-OH is 1. The van der Waals surface area contributed by atoms with Gasteiger partial charge in [-0.25, -0.2) is 4.79 Å². The number of carbonyl (C=O) groups is 1. The molecule has 1 atom stereocenters. The highest BCUT2D eigenvalue weighted by molar-refractivity contribution is 5.87. The van der Waals surface area contributed by atoms with Crippen molar-refractivity contribution in [3.8, 4) is 11.8 Å². The van der Waals surface area contributed by atoms with Crippen LogP contribution < -0.4 is 0 Å². The van der Waals surface area contributed by atoms with Gasteiger partial charge in [0.05, 0.1) is 0 Å². The van der Waals surface area contributed by atoms with E-state index in [-0.39, 0.29) is 5.69 Å². The minimum Gasteiger partial charge on any atom is -0.476 e. The highest BCUT2D eigenvalue weighted by Crippen LogP contribution is 2.20. The first-order valence-corrected chi connectivity index (χ1v) is 8.77. The zero-order chi connectivity index (χ0) is 19.1. The molecule has 136 valence electrons. The van der Waals surface area contributed by atoms with Crippen LogP contribution in [0.1, 0.15) is 53.6 Å². The third-order valence-corrected chi connectivity index (χ3v) is 3.98. The Hall–Kier alpha value is -2.71. The maximum absolute atomic E-state index is 11.4. The molecule has 2 aromatic rings. The van der Waals surface area contributed by atoms with Gasteiger partial charge in [-0.15, -0.1) is 10.2 Å². The van der Waals surface area contributed by atoms with Crippen LogP contribution in [-0.4, -0.2) is 32.5 Å². The molecule has 0 amide bonds. The molecule has 2 rings (SSSR count). The van der Waals surface area contributed by atoms with Crippen LogP contribution in [0.4, 0.5) is 0 Å². The van der Waals surface area contributed by atoms with E-state index in [1.165, 1.54) is 0 Å². The van der Waals surface area contributed by atoms with Crippen molar-refractivity contribution >= 4 is 5.97 Å². The monoisotopic (exact) mass is 352 g/mol. The van der Waals surface area contributed by atoms with Crippen LogP contribution in [0.15, 0.2) is 30.3 Å². The summed E-state index contributed by atoms with van der Waals surface area (Å²) in [5.41, 5.74) is 2.92. The van der Waals surface area contributed by atoms with Crippen LogP contribution in [0.5, 0.6) is 0 Å². The van der Waals surface area contributed by atoms with Gasteiger partial charge in [0, 0.05) is 6.42 Å². The highest BCUT2D eigenvalue weighted by atomic mass is 16.4. The Labute approximate surface area is 154 Å². The molecular weight excluding hydrogens is 328 g/mol. The normalized spacial score (nSPS) is 11.7. The Morgan fingerprint density at radius 2 is 1.81 bits per heavy atom. The van der Waals surface area contributed by atoms with Gasteiger partial charge in [0.1, 0.15) is 11.8 Å². The molecule has 1 aromatic heterocycles. The molecule has 0 spiro atoms. The molecule has 0 aliphatic carbocycles. The number of rotatable bonds is 6. The number of hydrogen-bond donors (Lipinski definition) is 2. The van der Waals surface area contributed by atoms with Crippen molar-refractivity contribution in [2.24, 2.45) is 5.92 Å². The van der Waals surface area contributed by atoms with Gasteiger partial charge in [-0.2, -0.15) is 0 Å². The molecule has 1 heterocycles. The molecule has 0 fully saturated rings. The van der Waals surface area contributed by atoms with Crippen molar-refractivity contribution < 1.29 is 15.0 Å². The van der Waals surface area contributed by atoms with Gasteiger partial charge >= 0.3 is 5.97 Å². The number of aliphatic hydroxyl groups is 1. The lowest BCUT2D eigenvalue weighted by Crippen LogP contribution is -2.14. The summed E-state index contributed by atoms with van der Waals surface area (Å²) in [6, 6.07) is 9.63.